The standard InChI is InChI=1S/C17H19ClN2OS/c1-20-15-6-3-2-5-13(15)17(19-9-4-10-21)14-11-12(18)7-8-16(14)22-20/h2-3,5-8,11,17,19,21H,4,9-10H2,1H3. The van der Waals surface area contributed by atoms with Gasteiger partial charge < -0.3 is 14.7 Å². The predicted molar refractivity (Wildman–Crippen MR) is 93.7 cm³/mol. The number of hydrogen-bond donors (Lipinski definition) is 2. The van der Waals surface area contributed by atoms with Gasteiger partial charge in [0.2, 0.25) is 0 Å². The van der Waals surface area contributed by atoms with Crippen LogP contribution in [0.5, 0.6) is 0 Å². The summed E-state index contributed by atoms with van der Waals surface area (Å²) in [4.78, 5) is 1.20. The van der Waals surface area contributed by atoms with Crippen molar-refractivity contribution in [3.05, 3.63) is 58.6 Å². The molecule has 3 rings (SSSR count). The second-order valence-corrected chi connectivity index (χ2v) is 6.90. The molecule has 1 unspecified atom stereocenters. The molecule has 2 aromatic rings. The quantitative estimate of drug-likeness (QED) is 0.657. The molecule has 3 nitrogen and oxygen atoms in total. The first-order valence-electron chi connectivity index (χ1n) is 7.35. The van der Waals surface area contributed by atoms with Gasteiger partial charge in [-0.15, -0.1) is 0 Å². The summed E-state index contributed by atoms with van der Waals surface area (Å²) in [7, 11) is 2.08. The molecule has 0 saturated heterocycles. The third-order valence-corrected chi connectivity index (χ3v) is 5.06. The van der Waals surface area contributed by atoms with Gasteiger partial charge in [0.15, 0.2) is 0 Å². The van der Waals surface area contributed by atoms with Crippen LogP contribution in [-0.4, -0.2) is 25.3 Å². The number of aliphatic hydroxyl groups excluding tert-OH is 1. The van der Waals surface area contributed by atoms with Crippen LogP contribution in [0.1, 0.15) is 23.6 Å². The number of nitrogens with one attached hydrogen (secondary N) is 1. The van der Waals surface area contributed by atoms with E-state index in [0.29, 0.717) is 0 Å². The topological polar surface area (TPSA) is 35.5 Å². The van der Waals surface area contributed by atoms with Crippen molar-refractivity contribution in [3.8, 4) is 0 Å². The van der Waals surface area contributed by atoms with Crippen molar-refractivity contribution >= 4 is 29.2 Å². The fourth-order valence-electron chi connectivity index (χ4n) is 2.76. The zero-order chi connectivity index (χ0) is 15.5. The largest absolute Gasteiger partial charge is 0.396 e. The van der Waals surface area contributed by atoms with Crippen molar-refractivity contribution in [2.75, 3.05) is 24.5 Å². The van der Waals surface area contributed by atoms with E-state index in [0.717, 1.165) is 18.0 Å². The lowest BCUT2D eigenvalue weighted by molar-refractivity contribution is 0.284. The Labute approximate surface area is 140 Å². The maximum Gasteiger partial charge on any atom is 0.0609 e. The van der Waals surface area contributed by atoms with Crippen LogP contribution in [0.4, 0.5) is 5.69 Å². The molecule has 1 aliphatic heterocycles. The second-order valence-electron chi connectivity index (χ2n) is 5.29. The Hall–Kier alpha value is -1.20. The van der Waals surface area contributed by atoms with Gasteiger partial charge in [0.1, 0.15) is 0 Å². The van der Waals surface area contributed by atoms with Crippen molar-refractivity contribution < 1.29 is 5.11 Å². The minimum atomic E-state index is 0.0777. The van der Waals surface area contributed by atoms with Crippen LogP contribution in [-0.2, 0) is 0 Å². The molecule has 116 valence electrons. The van der Waals surface area contributed by atoms with E-state index in [2.05, 4.69) is 47.0 Å². The summed E-state index contributed by atoms with van der Waals surface area (Å²) in [5.41, 5.74) is 3.62. The van der Waals surface area contributed by atoms with Gasteiger partial charge in [-0.05, 0) is 60.3 Å². The summed E-state index contributed by atoms with van der Waals surface area (Å²) < 4.78 is 2.19. The number of hydrogen-bond acceptors (Lipinski definition) is 4. The van der Waals surface area contributed by atoms with E-state index in [1.807, 2.05) is 12.1 Å². The van der Waals surface area contributed by atoms with Crippen molar-refractivity contribution in [1.29, 1.82) is 0 Å². The van der Waals surface area contributed by atoms with Gasteiger partial charge >= 0.3 is 0 Å². The highest BCUT2D eigenvalue weighted by Crippen LogP contribution is 2.43. The first-order valence-corrected chi connectivity index (χ1v) is 8.50. The Kier molecular flexibility index (Phi) is 4.93. The summed E-state index contributed by atoms with van der Waals surface area (Å²) in [5, 5.41) is 13.4. The Morgan fingerprint density at radius 2 is 2.05 bits per heavy atom. The lowest BCUT2D eigenvalue weighted by Gasteiger charge is -2.22. The number of aliphatic hydroxyl groups is 1. The number of para-hydroxylation sites is 1. The monoisotopic (exact) mass is 334 g/mol. The van der Waals surface area contributed by atoms with Crippen LogP contribution in [0.3, 0.4) is 0 Å². The first-order chi connectivity index (χ1) is 10.7. The zero-order valence-electron chi connectivity index (χ0n) is 12.4. The first kappa shape index (κ1) is 15.7. The molecule has 1 aliphatic rings. The molecule has 0 radical (unpaired) electrons. The Morgan fingerprint density at radius 3 is 2.86 bits per heavy atom. The molecule has 0 spiro atoms. The molecule has 0 aliphatic carbocycles. The van der Waals surface area contributed by atoms with Crippen LogP contribution in [0.25, 0.3) is 0 Å². The fourth-order valence-corrected chi connectivity index (χ4v) is 3.91. The normalized spacial score (nSPS) is 16.9. The molecular formula is C17H19ClN2OS. The van der Waals surface area contributed by atoms with Crippen LogP contribution in [0.2, 0.25) is 5.02 Å². The van der Waals surface area contributed by atoms with Crippen molar-refractivity contribution in [3.63, 3.8) is 0 Å². The summed E-state index contributed by atoms with van der Waals surface area (Å²) >= 11 is 7.94. The molecule has 22 heavy (non-hydrogen) atoms. The Balaban J connectivity index is 2.08. The minimum absolute atomic E-state index is 0.0777. The second kappa shape index (κ2) is 6.92. The highest BCUT2D eigenvalue weighted by Gasteiger charge is 2.26. The number of rotatable bonds is 4. The Bertz CT molecular complexity index is 665. The number of benzene rings is 2. The van der Waals surface area contributed by atoms with E-state index >= 15 is 0 Å². The lowest BCUT2D eigenvalue weighted by atomic mass is 9.97. The minimum Gasteiger partial charge on any atom is -0.396 e. The third-order valence-electron chi connectivity index (χ3n) is 3.79. The molecule has 0 amide bonds. The maximum atomic E-state index is 9.05. The molecule has 2 N–H and O–H groups in total. The number of nitrogens with zero attached hydrogens (tertiary/aromatic N) is 1. The van der Waals surface area contributed by atoms with Gasteiger partial charge in [-0.25, -0.2) is 0 Å². The molecule has 0 saturated carbocycles. The predicted octanol–water partition coefficient (Wildman–Crippen LogP) is 3.86. The molecule has 1 atom stereocenters. The van der Waals surface area contributed by atoms with Crippen molar-refractivity contribution in [2.45, 2.75) is 17.4 Å². The summed E-state index contributed by atoms with van der Waals surface area (Å²) in [6.07, 6.45) is 0.734. The van der Waals surface area contributed by atoms with Crippen LogP contribution < -0.4 is 9.62 Å². The molecule has 2 aromatic carbocycles. The average molecular weight is 335 g/mol. The van der Waals surface area contributed by atoms with Gasteiger partial charge in [-0.2, -0.15) is 0 Å². The highest BCUT2D eigenvalue weighted by molar-refractivity contribution is 8.00. The van der Waals surface area contributed by atoms with E-state index in [1.54, 1.807) is 11.9 Å². The molecule has 0 bridgehead atoms. The molecule has 1 heterocycles. The van der Waals surface area contributed by atoms with Gasteiger partial charge in [-0.3, -0.25) is 0 Å². The highest BCUT2D eigenvalue weighted by atomic mass is 35.5. The zero-order valence-corrected chi connectivity index (χ0v) is 14.0. The number of fused-ring (bicyclic) bond motifs is 2. The average Bonchev–Trinajstić information content (AvgIpc) is 2.64. The van der Waals surface area contributed by atoms with Crippen LogP contribution >= 0.6 is 23.5 Å². The van der Waals surface area contributed by atoms with E-state index < -0.39 is 0 Å². The lowest BCUT2D eigenvalue weighted by Crippen LogP contribution is -2.24. The van der Waals surface area contributed by atoms with Gasteiger partial charge in [-0.1, -0.05) is 29.8 Å². The molecule has 0 fully saturated rings. The van der Waals surface area contributed by atoms with E-state index in [9.17, 15) is 0 Å². The van der Waals surface area contributed by atoms with Crippen molar-refractivity contribution in [1.82, 2.24) is 5.32 Å². The smallest absolute Gasteiger partial charge is 0.0609 e. The van der Waals surface area contributed by atoms with Gasteiger partial charge in [0.25, 0.3) is 0 Å². The van der Waals surface area contributed by atoms with Crippen LogP contribution in [0, 0.1) is 0 Å². The van der Waals surface area contributed by atoms with E-state index in [1.165, 1.54) is 21.7 Å². The fraction of sp³-hybridized carbons (Fsp3) is 0.294. The van der Waals surface area contributed by atoms with Gasteiger partial charge in [0.05, 0.1) is 11.7 Å². The third kappa shape index (κ3) is 3.10. The summed E-state index contributed by atoms with van der Waals surface area (Å²) in [6, 6.07) is 14.5. The van der Waals surface area contributed by atoms with E-state index in [4.69, 9.17) is 16.7 Å². The number of anilines is 1. The molecular weight excluding hydrogens is 316 g/mol. The maximum absolute atomic E-state index is 9.05. The summed E-state index contributed by atoms with van der Waals surface area (Å²) in [6.45, 7) is 0.953. The van der Waals surface area contributed by atoms with Crippen molar-refractivity contribution in [2.24, 2.45) is 0 Å². The van der Waals surface area contributed by atoms with E-state index in [-0.39, 0.29) is 12.6 Å². The number of halogens is 1. The summed E-state index contributed by atoms with van der Waals surface area (Å²) in [5.74, 6) is 0. The Morgan fingerprint density at radius 1 is 1.23 bits per heavy atom. The van der Waals surface area contributed by atoms with Crippen LogP contribution in [0.15, 0.2) is 47.4 Å². The van der Waals surface area contributed by atoms with Gasteiger partial charge in [0, 0.05) is 23.6 Å². The molecule has 5 heteroatoms. The SMILES string of the molecule is CN1Sc2ccc(Cl)cc2C(NCCCO)c2ccccc21. The molecule has 0 aromatic heterocycles.